The van der Waals surface area contributed by atoms with E-state index in [2.05, 4.69) is 4.98 Å². The van der Waals surface area contributed by atoms with Gasteiger partial charge in [0.2, 0.25) is 5.75 Å². The monoisotopic (exact) mass is 592 g/mol. The molecule has 1 aromatic heterocycles. The molecular weight excluding hydrogens is 568 g/mol. The van der Waals surface area contributed by atoms with Crippen molar-refractivity contribution in [3.8, 4) is 23.0 Å². The number of nitrogens with zero attached hydrogens (tertiary/aromatic N) is 2. The number of carbonyl (C=O) groups is 2. The minimum atomic E-state index is -1.05. The number of ether oxygens (including phenoxy) is 4. The molecule has 9 nitrogen and oxygen atoms in total. The van der Waals surface area contributed by atoms with Crippen molar-refractivity contribution >= 4 is 55.7 Å². The van der Waals surface area contributed by atoms with E-state index in [4.69, 9.17) is 30.5 Å². The van der Waals surface area contributed by atoms with Gasteiger partial charge in [-0.2, -0.15) is 0 Å². The first-order valence-corrected chi connectivity index (χ1v) is 13.9. The number of thiazole rings is 1. The van der Waals surface area contributed by atoms with Crippen LogP contribution in [0.4, 0.5) is 5.13 Å². The minimum Gasteiger partial charge on any atom is -0.507 e. The molecule has 210 valence electrons. The second-order valence-corrected chi connectivity index (χ2v) is 11.1. The molecule has 3 aromatic carbocycles. The van der Waals surface area contributed by atoms with Crippen LogP contribution in [0.25, 0.3) is 16.0 Å². The highest BCUT2D eigenvalue weighted by molar-refractivity contribution is 7.22. The van der Waals surface area contributed by atoms with Gasteiger partial charge in [0.1, 0.15) is 17.6 Å². The number of aliphatic hydroxyl groups is 1. The lowest BCUT2D eigenvalue weighted by Crippen LogP contribution is -2.29. The third kappa shape index (κ3) is 4.43. The number of benzene rings is 3. The number of amides is 1. The first-order chi connectivity index (χ1) is 19.7. The maximum Gasteiger partial charge on any atom is 0.301 e. The summed E-state index contributed by atoms with van der Waals surface area (Å²) >= 11 is 7.41. The summed E-state index contributed by atoms with van der Waals surface area (Å²) in [5, 5.41) is 12.4. The highest BCUT2D eigenvalue weighted by Gasteiger charge is 2.48. The standard InChI is InChI=1S/C30H25ClN2O7S/c1-14-9-16-10-15(5-8-20(16)40-14)26(34)24-25(17-11-21(37-2)28(39-4)22(12-17)38-3)33(29(36)27(24)35)30-32-19-7-6-18(31)13-23(19)41-30/h5-8,10-14,25,34H,9H2,1-4H3/b26-24+/t14-,25+/m0/s1. The van der Waals surface area contributed by atoms with Gasteiger partial charge in [0.05, 0.1) is 43.2 Å². The zero-order valence-electron chi connectivity index (χ0n) is 22.6. The van der Waals surface area contributed by atoms with Crippen LogP contribution in [0.3, 0.4) is 0 Å². The van der Waals surface area contributed by atoms with E-state index in [1.54, 1.807) is 48.5 Å². The van der Waals surface area contributed by atoms with Gasteiger partial charge in [0, 0.05) is 17.0 Å². The van der Waals surface area contributed by atoms with Crippen LogP contribution in [0.1, 0.15) is 29.7 Å². The molecule has 3 heterocycles. The lowest BCUT2D eigenvalue weighted by Gasteiger charge is -2.24. The van der Waals surface area contributed by atoms with E-state index in [1.165, 1.54) is 37.6 Å². The quantitative estimate of drug-likeness (QED) is 0.167. The highest BCUT2D eigenvalue weighted by atomic mass is 35.5. The molecule has 0 saturated carbocycles. The molecule has 41 heavy (non-hydrogen) atoms. The average Bonchev–Trinajstić information content (AvgIpc) is 3.63. The smallest absolute Gasteiger partial charge is 0.301 e. The van der Waals surface area contributed by atoms with Gasteiger partial charge >= 0.3 is 5.91 Å². The van der Waals surface area contributed by atoms with Crippen molar-refractivity contribution in [2.75, 3.05) is 26.2 Å². The lowest BCUT2D eigenvalue weighted by molar-refractivity contribution is -0.132. The maximum atomic E-state index is 13.7. The number of aromatic nitrogens is 1. The van der Waals surface area contributed by atoms with Crippen LogP contribution < -0.4 is 23.8 Å². The maximum absolute atomic E-state index is 13.7. The van der Waals surface area contributed by atoms with E-state index in [0.29, 0.717) is 45.3 Å². The fourth-order valence-corrected chi connectivity index (χ4v) is 6.59. The zero-order valence-corrected chi connectivity index (χ0v) is 24.1. The number of Topliss-reactive ketones (excluding diaryl/α,β-unsaturated/α-hetero) is 1. The van der Waals surface area contributed by atoms with Gasteiger partial charge in [0.15, 0.2) is 16.6 Å². The van der Waals surface area contributed by atoms with Crippen LogP contribution in [0, 0.1) is 0 Å². The molecule has 1 amide bonds. The fourth-order valence-electron chi connectivity index (χ4n) is 5.32. The summed E-state index contributed by atoms with van der Waals surface area (Å²) in [5.41, 5.74) is 2.29. The molecule has 2 aliphatic heterocycles. The Bertz CT molecular complexity index is 1740. The molecule has 2 aliphatic rings. The summed E-state index contributed by atoms with van der Waals surface area (Å²) in [5.74, 6) is -0.255. The molecule has 1 fully saturated rings. The number of ketones is 1. The molecule has 0 radical (unpaired) electrons. The highest BCUT2D eigenvalue weighted by Crippen LogP contribution is 2.48. The largest absolute Gasteiger partial charge is 0.507 e. The molecule has 0 aliphatic carbocycles. The van der Waals surface area contributed by atoms with E-state index in [9.17, 15) is 14.7 Å². The van der Waals surface area contributed by atoms with Crippen molar-refractivity contribution in [1.29, 1.82) is 0 Å². The summed E-state index contributed by atoms with van der Waals surface area (Å²) in [6.07, 6.45) is 0.662. The third-order valence-electron chi connectivity index (χ3n) is 7.16. The van der Waals surface area contributed by atoms with Crippen molar-refractivity contribution in [1.82, 2.24) is 4.98 Å². The molecule has 1 saturated heterocycles. The fraction of sp³-hybridized carbons (Fsp3) is 0.233. The number of carbonyl (C=O) groups excluding carboxylic acids is 2. The number of halogens is 1. The summed E-state index contributed by atoms with van der Waals surface area (Å²) in [4.78, 5) is 33.4. The van der Waals surface area contributed by atoms with Crippen molar-refractivity contribution in [3.63, 3.8) is 0 Å². The SMILES string of the molecule is COc1cc([C@@H]2/C(=C(\O)c3ccc4c(c3)C[C@H](C)O4)C(=O)C(=O)N2c2nc3ccc(Cl)cc3s2)cc(OC)c1OC. The summed E-state index contributed by atoms with van der Waals surface area (Å²) < 4.78 is 23.1. The molecule has 6 rings (SSSR count). The first-order valence-electron chi connectivity index (χ1n) is 12.7. The number of fused-ring (bicyclic) bond motifs is 2. The van der Waals surface area contributed by atoms with Gasteiger partial charge in [0.25, 0.3) is 5.78 Å². The number of methoxy groups -OCH3 is 3. The van der Waals surface area contributed by atoms with Crippen LogP contribution in [-0.2, 0) is 16.0 Å². The predicted octanol–water partition coefficient (Wildman–Crippen LogP) is 5.93. The second kappa shape index (κ2) is 10.3. The molecule has 0 spiro atoms. The molecule has 2 atom stereocenters. The normalized spacial score (nSPS) is 19.4. The molecule has 4 aromatic rings. The van der Waals surface area contributed by atoms with Crippen molar-refractivity contribution in [2.24, 2.45) is 0 Å². The Morgan fingerprint density at radius 2 is 1.78 bits per heavy atom. The van der Waals surface area contributed by atoms with E-state index in [0.717, 1.165) is 16.0 Å². The Morgan fingerprint density at radius 3 is 2.46 bits per heavy atom. The van der Waals surface area contributed by atoms with Crippen LogP contribution >= 0.6 is 22.9 Å². The van der Waals surface area contributed by atoms with E-state index in [1.807, 2.05) is 6.92 Å². The summed E-state index contributed by atoms with van der Waals surface area (Å²) in [7, 11) is 4.43. The predicted molar refractivity (Wildman–Crippen MR) is 156 cm³/mol. The van der Waals surface area contributed by atoms with E-state index < -0.39 is 17.7 Å². The lowest BCUT2D eigenvalue weighted by atomic mass is 9.94. The molecule has 11 heteroatoms. The van der Waals surface area contributed by atoms with Crippen LogP contribution in [-0.4, -0.2) is 49.2 Å². The Hall–Kier alpha value is -4.28. The van der Waals surface area contributed by atoms with Crippen molar-refractivity contribution in [2.45, 2.75) is 25.5 Å². The summed E-state index contributed by atoms with van der Waals surface area (Å²) in [6, 6.07) is 12.7. The number of hydrogen-bond acceptors (Lipinski definition) is 9. The van der Waals surface area contributed by atoms with Crippen LogP contribution in [0.15, 0.2) is 54.1 Å². The van der Waals surface area contributed by atoms with Gasteiger partial charge in [-0.1, -0.05) is 22.9 Å². The second-order valence-electron chi connectivity index (χ2n) is 9.69. The Labute approximate surface area is 244 Å². The number of hydrogen-bond donors (Lipinski definition) is 1. The number of rotatable bonds is 6. The zero-order chi connectivity index (χ0) is 29.0. The van der Waals surface area contributed by atoms with Crippen molar-refractivity contribution in [3.05, 3.63) is 75.8 Å². The van der Waals surface area contributed by atoms with Crippen LogP contribution in [0.2, 0.25) is 5.02 Å². The molecule has 1 N–H and O–H groups in total. The Balaban J connectivity index is 1.59. The first kappa shape index (κ1) is 26.9. The van der Waals surface area contributed by atoms with Crippen molar-refractivity contribution < 1.29 is 33.6 Å². The minimum absolute atomic E-state index is 0.000237. The van der Waals surface area contributed by atoms with E-state index >= 15 is 0 Å². The Kier molecular flexibility index (Phi) is 6.75. The average molecular weight is 593 g/mol. The van der Waals surface area contributed by atoms with Gasteiger partial charge in [-0.3, -0.25) is 14.5 Å². The van der Waals surface area contributed by atoms with Crippen LogP contribution in [0.5, 0.6) is 23.0 Å². The van der Waals surface area contributed by atoms with Gasteiger partial charge < -0.3 is 24.1 Å². The number of aliphatic hydroxyl groups excluding tert-OH is 1. The number of anilines is 1. The molecule has 0 bridgehead atoms. The van der Waals surface area contributed by atoms with E-state index in [-0.39, 0.29) is 22.6 Å². The van der Waals surface area contributed by atoms with Gasteiger partial charge in [-0.25, -0.2) is 4.98 Å². The van der Waals surface area contributed by atoms with Gasteiger partial charge in [-0.05, 0) is 66.6 Å². The topological polar surface area (TPSA) is 107 Å². The molecular formula is C30H25ClN2O7S. The third-order valence-corrected chi connectivity index (χ3v) is 8.41. The van der Waals surface area contributed by atoms with Gasteiger partial charge in [-0.15, -0.1) is 0 Å². The Morgan fingerprint density at radius 1 is 1.05 bits per heavy atom. The summed E-state index contributed by atoms with van der Waals surface area (Å²) in [6.45, 7) is 1.96. The molecule has 0 unspecified atom stereocenters.